The van der Waals surface area contributed by atoms with Crippen LogP contribution in [-0.4, -0.2) is 10.2 Å². The molecule has 2 aromatic rings. The van der Waals surface area contributed by atoms with Crippen LogP contribution in [0.5, 0.6) is 0 Å². The molecule has 0 fully saturated rings. The second kappa shape index (κ2) is 2.94. The van der Waals surface area contributed by atoms with Crippen molar-refractivity contribution in [1.82, 2.24) is 10.2 Å². The summed E-state index contributed by atoms with van der Waals surface area (Å²) in [7, 11) is 0. The Balaban J connectivity index is 2.92. The molecule has 1 heterocycles. The van der Waals surface area contributed by atoms with Crippen molar-refractivity contribution in [2.75, 3.05) is 5.73 Å². The van der Waals surface area contributed by atoms with E-state index in [1.165, 1.54) is 0 Å². The lowest BCUT2D eigenvalue weighted by atomic mass is 10.0. The smallest absolute Gasteiger partial charge is 0.0953 e. The minimum Gasteiger partial charge on any atom is -0.398 e. The monoisotopic (exact) mass is 187 g/mol. The number of hydrogen-bond donors (Lipinski definition) is 1. The van der Waals surface area contributed by atoms with E-state index in [4.69, 9.17) is 5.73 Å². The van der Waals surface area contributed by atoms with E-state index in [0.29, 0.717) is 0 Å². The Labute approximate surface area is 83.0 Å². The third kappa shape index (κ3) is 1.21. The van der Waals surface area contributed by atoms with E-state index >= 15 is 0 Å². The summed E-state index contributed by atoms with van der Waals surface area (Å²) in [4.78, 5) is 0. The molecule has 2 rings (SSSR count). The number of nitrogens with two attached hydrogens (primary N) is 1. The largest absolute Gasteiger partial charge is 0.398 e. The average molecular weight is 187 g/mol. The van der Waals surface area contributed by atoms with Gasteiger partial charge in [-0.15, -0.1) is 0 Å². The molecule has 0 amide bonds. The summed E-state index contributed by atoms with van der Waals surface area (Å²) in [5.41, 5.74) is 10.9. The van der Waals surface area contributed by atoms with Crippen LogP contribution in [0.2, 0.25) is 0 Å². The van der Waals surface area contributed by atoms with Crippen LogP contribution in [-0.2, 0) is 0 Å². The normalized spacial score (nSPS) is 10.8. The van der Waals surface area contributed by atoms with Crippen molar-refractivity contribution in [2.45, 2.75) is 20.8 Å². The highest BCUT2D eigenvalue weighted by molar-refractivity contribution is 5.92. The molecule has 0 saturated carbocycles. The zero-order valence-electron chi connectivity index (χ0n) is 8.63. The second-order valence-electron chi connectivity index (χ2n) is 3.65. The topological polar surface area (TPSA) is 51.8 Å². The fourth-order valence-corrected chi connectivity index (χ4v) is 1.55. The number of benzene rings is 1. The molecule has 0 atom stereocenters. The second-order valence-corrected chi connectivity index (χ2v) is 3.65. The standard InChI is InChI=1S/C11H13N3/c1-6-4-10-9(11(12)8(6)3)5-7(2)13-14-10/h4-5H,12H2,1-3H3. The van der Waals surface area contributed by atoms with Gasteiger partial charge in [0.05, 0.1) is 11.2 Å². The SMILES string of the molecule is Cc1cc2c(N)c(C)c(C)cc2nn1. The Hall–Kier alpha value is -1.64. The van der Waals surface area contributed by atoms with Crippen LogP contribution >= 0.6 is 0 Å². The molecule has 3 heteroatoms. The van der Waals surface area contributed by atoms with Crippen molar-refractivity contribution in [3.05, 3.63) is 29.0 Å². The van der Waals surface area contributed by atoms with Crippen molar-refractivity contribution >= 4 is 16.6 Å². The molecule has 0 aliphatic carbocycles. The van der Waals surface area contributed by atoms with Crippen molar-refractivity contribution in [3.8, 4) is 0 Å². The van der Waals surface area contributed by atoms with Gasteiger partial charge in [-0.2, -0.15) is 10.2 Å². The highest BCUT2D eigenvalue weighted by Crippen LogP contribution is 2.25. The lowest BCUT2D eigenvalue weighted by Crippen LogP contribution is -1.97. The van der Waals surface area contributed by atoms with Gasteiger partial charge >= 0.3 is 0 Å². The third-order valence-electron chi connectivity index (χ3n) is 2.58. The number of hydrogen-bond acceptors (Lipinski definition) is 3. The van der Waals surface area contributed by atoms with Gasteiger partial charge in [-0.1, -0.05) is 0 Å². The number of aromatic nitrogens is 2. The molecule has 0 saturated heterocycles. The first-order valence-corrected chi connectivity index (χ1v) is 4.59. The Morgan fingerprint density at radius 2 is 1.79 bits per heavy atom. The quantitative estimate of drug-likeness (QED) is 0.643. The van der Waals surface area contributed by atoms with Crippen molar-refractivity contribution in [3.63, 3.8) is 0 Å². The molecule has 0 unspecified atom stereocenters. The maximum absolute atomic E-state index is 6.02. The maximum atomic E-state index is 6.02. The van der Waals surface area contributed by atoms with E-state index in [9.17, 15) is 0 Å². The average Bonchev–Trinajstić information content (AvgIpc) is 2.16. The molecule has 0 spiro atoms. The van der Waals surface area contributed by atoms with Gasteiger partial charge in [0.1, 0.15) is 0 Å². The fourth-order valence-electron chi connectivity index (χ4n) is 1.55. The van der Waals surface area contributed by atoms with E-state index in [1.807, 2.05) is 32.9 Å². The van der Waals surface area contributed by atoms with Crippen molar-refractivity contribution < 1.29 is 0 Å². The summed E-state index contributed by atoms with van der Waals surface area (Å²) in [6.07, 6.45) is 0. The van der Waals surface area contributed by atoms with Crippen LogP contribution in [0, 0.1) is 20.8 Å². The Kier molecular flexibility index (Phi) is 1.88. The lowest BCUT2D eigenvalue weighted by molar-refractivity contribution is 1.02. The summed E-state index contributed by atoms with van der Waals surface area (Å²) < 4.78 is 0. The first-order valence-electron chi connectivity index (χ1n) is 4.59. The number of rotatable bonds is 0. The van der Waals surface area contributed by atoms with Crippen LogP contribution < -0.4 is 5.73 Å². The van der Waals surface area contributed by atoms with E-state index in [1.54, 1.807) is 0 Å². The van der Waals surface area contributed by atoms with Gasteiger partial charge in [0, 0.05) is 11.1 Å². The number of nitrogen functional groups attached to an aromatic ring is 1. The minimum atomic E-state index is 0.818. The predicted octanol–water partition coefficient (Wildman–Crippen LogP) is 2.14. The molecule has 0 radical (unpaired) electrons. The van der Waals surface area contributed by atoms with E-state index < -0.39 is 0 Å². The molecule has 14 heavy (non-hydrogen) atoms. The van der Waals surface area contributed by atoms with Crippen LogP contribution in [0.1, 0.15) is 16.8 Å². The first kappa shape index (κ1) is 8.94. The molecule has 2 N–H and O–H groups in total. The van der Waals surface area contributed by atoms with E-state index in [-0.39, 0.29) is 0 Å². The van der Waals surface area contributed by atoms with Gasteiger partial charge in [0.2, 0.25) is 0 Å². The Morgan fingerprint density at radius 3 is 2.50 bits per heavy atom. The Bertz CT molecular complexity index is 503. The Morgan fingerprint density at radius 1 is 1.07 bits per heavy atom. The highest BCUT2D eigenvalue weighted by Gasteiger charge is 2.06. The first-order chi connectivity index (χ1) is 6.59. The van der Waals surface area contributed by atoms with Gasteiger partial charge in [-0.25, -0.2) is 0 Å². The fraction of sp³-hybridized carbons (Fsp3) is 0.273. The molecule has 72 valence electrons. The third-order valence-corrected chi connectivity index (χ3v) is 2.58. The zero-order valence-corrected chi connectivity index (χ0v) is 8.63. The molecule has 0 aliphatic heterocycles. The van der Waals surface area contributed by atoms with E-state index in [0.717, 1.165) is 33.4 Å². The van der Waals surface area contributed by atoms with Crippen LogP contribution in [0.25, 0.3) is 10.9 Å². The molecule has 1 aromatic heterocycles. The maximum Gasteiger partial charge on any atom is 0.0953 e. The summed E-state index contributed by atoms with van der Waals surface area (Å²) in [5, 5.41) is 9.13. The van der Waals surface area contributed by atoms with E-state index in [2.05, 4.69) is 10.2 Å². The summed E-state index contributed by atoms with van der Waals surface area (Å²) in [5.74, 6) is 0. The highest BCUT2D eigenvalue weighted by atomic mass is 15.1. The summed E-state index contributed by atoms with van der Waals surface area (Å²) in [6, 6.07) is 4.00. The van der Waals surface area contributed by atoms with Crippen LogP contribution in [0.15, 0.2) is 12.1 Å². The number of anilines is 1. The minimum absolute atomic E-state index is 0.818. The molecular weight excluding hydrogens is 174 g/mol. The molecule has 1 aromatic carbocycles. The molecule has 0 bridgehead atoms. The van der Waals surface area contributed by atoms with Gasteiger partial charge < -0.3 is 5.73 Å². The number of fused-ring (bicyclic) bond motifs is 1. The molecular formula is C11H13N3. The summed E-state index contributed by atoms with van der Waals surface area (Å²) in [6.45, 7) is 5.98. The van der Waals surface area contributed by atoms with Gasteiger partial charge in [0.15, 0.2) is 0 Å². The number of nitrogens with zero attached hydrogens (tertiary/aromatic N) is 2. The summed E-state index contributed by atoms with van der Waals surface area (Å²) >= 11 is 0. The van der Waals surface area contributed by atoms with Crippen LogP contribution in [0.3, 0.4) is 0 Å². The molecule has 0 aliphatic rings. The lowest BCUT2D eigenvalue weighted by Gasteiger charge is -2.08. The molecule has 3 nitrogen and oxygen atoms in total. The predicted molar refractivity (Wildman–Crippen MR) is 58.2 cm³/mol. The van der Waals surface area contributed by atoms with Gasteiger partial charge in [-0.3, -0.25) is 0 Å². The van der Waals surface area contributed by atoms with Crippen LogP contribution in [0.4, 0.5) is 5.69 Å². The van der Waals surface area contributed by atoms with Crippen molar-refractivity contribution in [1.29, 1.82) is 0 Å². The van der Waals surface area contributed by atoms with Crippen molar-refractivity contribution in [2.24, 2.45) is 0 Å². The van der Waals surface area contributed by atoms with Gasteiger partial charge in [0.25, 0.3) is 0 Å². The van der Waals surface area contributed by atoms with Gasteiger partial charge in [-0.05, 0) is 44.0 Å². The number of aryl methyl sites for hydroxylation is 2. The zero-order chi connectivity index (χ0) is 10.3.